The lowest BCUT2D eigenvalue weighted by Gasteiger charge is -2.26. The highest BCUT2D eigenvalue weighted by atomic mass is 19.1. The molecule has 182 valence electrons. The predicted octanol–water partition coefficient (Wildman–Crippen LogP) is 4.54. The van der Waals surface area contributed by atoms with Gasteiger partial charge in [-0.25, -0.2) is 4.39 Å². The summed E-state index contributed by atoms with van der Waals surface area (Å²) in [5.41, 5.74) is 1.24. The maximum atomic E-state index is 14.8. The fourth-order valence-electron chi connectivity index (χ4n) is 4.06. The number of nitrogens with zero attached hydrogens (tertiary/aromatic N) is 2. The molecular formula is C27H33FN2O4. The number of hydrogen-bond donors (Lipinski definition) is 1. The van der Waals surface area contributed by atoms with Crippen molar-refractivity contribution in [3.05, 3.63) is 70.5 Å². The van der Waals surface area contributed by atoms with Crippen LogP contribution in [0.25, 0.3) is 5.76 Å². The topological polar surface area (TPSA) is 70.1 Å². The molecule has 6 nitrogen and oxygen atoms in total. The van der Waals surface area contributed by atoms with Crippen LogP contribution in [0, 0.1) is 18.7 Å². The van der Waals surface area contributed by atoms with Crippen LogP contribution in [-0.4, -0.2) is 60.4 Å². The van der Waals surface area contributed by atoms with Crippen LogP contribution in [0.5, 0.6) is 5.75 Å². The van der Waals surface area contributed by atoms with Gasteiger partial charge in [-0.05, 0) is 69.7 Å². The van der Waals surface area contributed by atoms with E-state index in [2.05, 4.69) is 13.8 Å². The van der Waals surface area contributed by atoms with Crippen LogP contribution in [0.3, 0.4) is 0 Å². The van der Waals surface area contributed by atoms with Crippen molar-refractivity contribution in [2.45, 2.75) is 33.2 Å². The molecule has 0 aliphatic carbocycles. The molecule has 1 unspecified atom stereocenters. The fraction of sp³-hybridized carbons (Fsp3) is 0.407. The Morgan fingerprint density at radius 2 is 1.88 bits per heavy atom. The molecule has 0 radical (unpaired) electrons. The van der Waals surface area contributed by atoms with Crippen molar-refractivity contribution in [2.75, 3.05) is 33.8 Å². The number of benzene rings is 2. The number of halogens is 1. The van der Waals surface area contributed by atoms with E-state index in [0.717, 1.165) is 5.56 Å². The van der Waals surface area contributed by atoms with Crippen molar-refractivity contribution in [2.24, 2.45) is 5.92 Å². The summed E-state index contributed by atoms with van der Waals surface area (Å²) in [4.78, 5) is 29.4. The van der Waals surface area contributed by atoms with Gasteiger partial charge in [-0.3, -0.25) is 9.59 Å². The van der Waals surface area contributed by atoms with E-state index in [-0.39, 0.29) is 23.4 Å². The number of rotatable bonds is 9. The standard InChI is InChI=1S/C27H33FN2O4/c1-17(2)16-34-22-12-11-19(15-18(22)3)25(31)23-24(20-9-6-7-10-21(20)28)30(27(33)26(23)32)14-8-13-29(4)5/h6-7,9-12,15,17,24,31H,8,13-14,16H2,1-5H3. The lowest BCUT2D eigenvalue weighted by atomic mass is 9.94. The average Bonchev–Trinajstić information content (AvgIpc) is 3.02. The van der Waals surface area contributed by atoms with Gasteiger partial charge in [0.25, 0.3) is 11.7 Å². The molecule has 0 spiro atoms. The Morgan fingerprint density at radius 3 is 2.50 bits per heavy atom. The van der Waals surface area contributed by atoms with Crippen LogP contribution >= 0.6 is 0 Å². The molecule has 1 fully saturated rings. The van der Waals surface area contributed by atoms with Crippen molar-refractivity contribution >= 4 is 17.4 Å². The quantitative estimate of drug-likeness (QED) is 0.332. The zero-order chi connectivity index (χ0) is 25.0. The normalized spacial score (nSPS) is 17.8. The first-order valence-corrected chi connectivity index (χ1v) is 11.5. The molecule has 2 aromatic rings. The van der Waals surface area contributed by atoms with E-state index in [0.29, 0.717) is 36.8 Å². The molecule has 2 aromatic carbocycles. The van der Waals surface area contributed by atoms with Gasteiger partial charge in [-0.2, -0.15) is 0 Å². The van der Waals surface area contributed by atoms with Gasteiger partial charge in [-0.15, -0.1) is 0 Å². The maximum Gasteiger partial charge on any atom is 0.295 e. The molecular weight excluding hydrogens is 435 g/mol. The highest BCUT2D eigenvalue weighted by molar-refractivity contribution is 6.46. The van der Waals surface area contributed by atoms with Crippen LogP contribution in [0.2, 0.25) is 0 Å². The number of aryl methyl sites for hydroxylation is 1. The summed E-state index contributed by atoms with van der Waals surface area (Å²) in [6.45, 7) is 7.47. The first kappa shape index (κ1) is 25.4. The third-order valence-corrected chi connectivity index (χ3v) is 5.76. The number of amides is 1. The average molecular weight is 469 g/mol. The number of ketones is 1. The number of ether oxygens (including phenoxy) is 1. The van der Waals surface area contributed by atoms with E-state index in [1.54, 1.807) is 36.4 Å². The number of aliphatic hydroxyl groups excluding tert-OH is 1. The van der Waals surface area contributed by atoms with Gasteiger partial charge in [0.05, 0.1) is 18.2 Å². The Bertz CT molecular complexity index is 1090. The molecule has 1 atom stereocenters. The fourth-order valence-corrected chi connectivity index (χ4v) is 4.06. The van der Waals surface area contributed by atoms with Gasteiger partial charge in [0, 0.05) is 17.7 Å². The number of likely N-dealkylation sites (tertiary alicyclic amines) is 1. The summed E-state index contributed by atoms with van der Waals surface area (Å²) in [7, 11) is 3.83. The van der Waals surface area contributed by atoms with Gasteiger partial charge in [0.2, 0.25) is 0 Å². The molecule has 0 saturated carbocycles. The molecule has 1 heterocycles. The minimum absolute atomic E-state index is 0.102. The Morgan fingerprint density at radius 1 is 1.18 bits per heavy atom. The Labute approximate surface area is 200 Å². The molecule has 1 saturated heterocycles. The van der Waals surface area contributed by atoms with Gasteiger partial charge in [0.15, 0.2) is 0 Å². The summed E-state index contributed by atoms with van der Waals surface area (Å²) in [6, 6.07) is 10.1. The molecule has 3 rings (SSSR count). The van der Waals surface area contributed by atoms with Gasteiger partial charge in [-0.1, -0.05) is 32.0 Å². The lowest BCUT2D eigenvalue weighted by Crippen LogP contribution is -2.32. The summed E-state index contributed by atoms with van der Waals surface area (Å²) in [6.07, 6.45) is 0.603. The molecule has 0 bridgehead atoms. The summed E-state index contributed by atoms with van der Waals surface area (Å²) < 4.78 is 20.7. The predicted molar refractivity (Wildman–Crippen MR) is 130 cm³/mol. The largest absolute Gasteiger partial charge is 0.507 e. The Kier molecular flexibility index (Phi) is 8.10. The first-order valence-electron chi connectivity index (χ1n) is 11.5. The van der Waals surface area contributed by atoms with Crippen LogP contribution in [-0.2, 0) is 9.59 Å². The van der Waals surface area contributed by atoms with E-state index in [1.165, 1.54) is 11.0 Å². The third kappa shape index (κ3) is 5.47. The molecule has 7 heteroatoms. The van der Waals surface area contributed by atoms with Gasteiger partial charge < -0.3 is 19.6 Å². The van der Waals surface area contributed by atoms with Crippen molar-refractivity contribution in [3.63, 3.8) is 0 Å². The van der Waals surface area contributed by atoms with Crippen molar-refractivity contribution in [1.29, 1.82) is 0 Å². The van der Waals surface area contributed by atoms with E-state index in [1.807, 2.05) is 25.9 Å². The van der Waals surface area contributed by atoms with Gasteiger partial charge >= 0.3 is 0 Å². The smallest absolute Gasteiger partial charge is 0.295 e. The molecule has 34 heavy (non-hydrogen) atoms. The number of Topliss-reactive ketones (excluding diaryl/α,β-unsaturated/α-hetero) is 1. The Hall–Kier alpha value is -3.19. The van der Waals surface area contributed by atoms with Crippen LogP contribution in [0.4, 0.5) is 4.39 Å². The molecule has 0 aromatic heterocycles. The van der Waals surface area contributed by atoms with E-state index >= 15 is 0 Å². The number of carbonyl (C=O) groups is 2. The lowest BCUT2D eigenvalue weighted by molar-refractivity contribution is -0.140. The number of hydrogen-bond acceptors (Lipinski definition) is 5. The summed E-state index contributed by atoms with van der Waals surface area (Å²) in [5, 5.41) is 11.2. The third-order valence-electron chi connectivity index (χ3n) is 5.76. The van der Waals surface area contributed by atoms with E-state index < -0.39 is 23.5 Å². The summed E-state index contributed by atoms with van der Waals surface area (Å²) in [5.74, 6) is -1.36. The molecule has 1 amide bonds. The SMILES string of the molecule is Cc1cc(C(O)=C2C(=O)C(=O)N(CCCN(C)C)C2c2ccccc2F)ccc1OCC(C)C. The molecule has 1 aliphatic rings. The minimum Gasteiger partial charge on any atom is -0.507 e. The van der Waals surface area contributed by atoms with Crippen molar-refractivity contribution in [3.8, 4) is 5.75 Å². The second kappa shape index (κ2) is 10.8. The number of aliphatic hydroxyl groups is 1. The van der Waals surface area contributed by atoms with E-state index in [4.69, 9.17) is 4.74 Å². The van der Waals surface area contributed by atoms with Gasteiger partial charge in [0.1, 0.15) is 17.3 Å². The monoisotopic (exact) mass is 468 g/mol. The Balaban J connectivity index is 2.06. The second-order valence-electron chi connectivity index (χ2n) is 9.36. The highest BCUT2D eigenvalue weighted by Crippen LogP contribution is 2.40. The first-order chi connectivity index (χ1) is 16.1. The van der Waals surface area contributed by atoms with Crippen LogP contribution in [0.1, 0.15) is 43.0 Å². The molecule has 1 N–H and O–H groups in total. The van der Waals surface area contributed by atoms with Crippen LogP contribution in [0.15, 0.2) is 48.0 Å². The second-order valence-corrected chi connectivity index (χ2v) is 9.36. The van der Waals surface area contributed by atoms with Crippen LogP contribution < -0.4 is 4.74 Å². The van der Waals surface area contributed by atoms with E-state index in [9.17, 15) is 19.1 Å². The summed E-state index contributed by atoms with van der Waals surface area (Å²) >= 11 is 0. The maximum absolute atomic E-state index is 14.8. The molecule has 1 aliphatic heterocycles. The van der Waals surface area contributed by atoms with Crippen molar-refractivity contribution in [1.82, 2.24) is 9.80 Å². The zero-order valence-corrected chi connectivity index (χ0v) is 20.5. The van der Waals surface area contributed by atoms with Crippen molar-refractivity contribution < 1.29 is 23.8 Å². The number of carbonyl (C=O) groups excluding carboxylic acids is 2. The minimum atomic E-state index is -1.000. The zero-order valence-electron chi connectivity index (χ0n) is 20.5. The highest BCUT2D eigenvalue weighted by Gasteiger charge is 2.46.